The molecule has 1 fully saturated rings. The van der Waals surface area contributed by atoms with Gasteiger partial charge >= 0.3 is 0 Å². The molecule has 2 aromatic rings. The molecule has 1 amide bonds. The van der Waals surface area contributed by atoms with Crippen LogP contribution in [0.5, 0.6) is 5.75 Å². The Labute approximate surface area is 188 Å². The molecule has 7 nitrogen and oxygen atoms in total. The first-order valence-corrected chi connectivity index (χ1v) is 12.1. The number of sulfonamides is 1. The predicted octanol–water partition coefficient (Wildman–Crippen LogP) is 3.78. The molecule has 1 saturated heterocycles. The minimum Gasteiger partial charge on any atom is -0.491 e. The molecule has 0 radical (unpaired) electrons. The van der Waals surface area contributed by atoms with E-state index < -0.39 is 10.0 Å². The Morgan fingerprint density at radius 3 is 2.19 bits per heavy atom. The van der Waals surface area contributed by atoms with Crippen LogP contribution in [0.25, 0.3) is 0 Å². The van der Waals surface area contributed by atoms with Crippen molar-refractivity contribution >= 4 is 38.9 Å². The number of hydrogen-bond acceptors (Lipinski definition) is 5. The van der Waals surface area contributed by atoms with Crippen LogP contribution in [-0.2, 0) is 10.0 Å². The molecule has 3 rings (SSSR count). The fourth-order valence-electron chi connectivity index (χ4n) is 3.26. The fraction of sp³-hybridized carbons (Fsp3) is 0.364. The molecule has 1 aliphatic rings. The zero-order valence-electron chi connectivity index (χ0n) is 17.6. The average Bonchev–Trinajstić information content (AvgIpc) is 2.74. The summed E-state index contributed by atoms with van der Waals surface area (Å²) in [5, 5.41) is 5.64. The van der Waals surface area contributed by atoms with Gasteiger partial charge in [-0.1, -0.05) is 6.42 Å². The lowest BCUT2D eigenvalue weighted by atomic mass is 10.2. The summed E-state index contributed by atoms with van der Waals surface area (Å²) in [6.45, 7) is 4.98. The minimum absolute atomic E-state index is 0.0534. The van der Waals surface area contributed by atoms with Gasteiger partial charge in [-0.15, -0.1) is 0 Å². The van der Waals surface area contributed by atoms with Gasteiger partial charge in [0.15, 0.2) is 5.11 Å². The van der Waals surface area contributed by atoms with Gasteiger partial charge in [0.2, 0.25) is 10.0 Å². The van der Waals surface area contributed by atoms with Crippen LogP contribution in [0.4, 0.5) is 5.69 Å². The van der Waals surface area contributed by atoms with E-state index in [0.29, 0.717) is 30.1 Å². The van der Waals surface area contributed by atoms with Gasteiger partial charge in [0.05, 0.1) is 11.0 Å². The maximum Gasteiger partial charge on any atom is 0.257 e. The van der Waals surface area contributed by atoms with Crippen LogP contribution in [0, 0.1) is 0 Å². The number of benzene rings is 2. The number of piperidine rings is 1. The molecule has 0 saturated carbocycles. The zero-order chi connectivity index (χ0) is 22.4. The highest BCUT2D eigenvalue weighted by molar-refractivity contribution is 7.89. The van der Waals surface area contributed by atoms with E-state index in [9.17, 15) is 13.2 Å². The first-order chi connectivity index (χ1) is 14.8. The van der Waals surface area contributed by atoms with Crippen molar-refractivity contribution in [1.29, 1.82) is 0 Å². The molecule has 2 aromatic carbocycles. The van der Waals surface area contributed by atoms with Crippen LogP contribution < -0.4 is 15.4 Å². The van der Waals surface area contributed by atoms with Crippen LogP contribution in [0.15, 0.2) is 53.4 Å². The molecule has 1 aliphatic heterocycles. The number of carbonyl (C=O) groups excluding carboxylic acids is 1. The summed E-state index contributed by atoms with van der Waals surface area (Å²) >= 11 is 5.21. The zero-order valence-corrected chi connectivity index (χ0v) is 19.3. The molecule has 1 heterocycles. The molecule has 0 unspecified atom stereocenters. The number of amides is 1. The normalized spacial score (nSPS) is 14.8. The van der Waals surface area contributed by atoms with Crippen LogP contribution in [-0.4, -0.2) is 42.9 Å². The summed E-state index contributed by atoms with van der Waals surface area (Å²) in [6.07, 6.45) is 2.90. The van der Waals surface area contributed by atoms with Crippen LogP contribution in [0.1, 0.15) is 43.5 Å². The number of nitrogens with zero attached hydrogens (tertiary/aromatic N) is 1. The molecule has 166 valence electrons. The van der Waals surface area contributed by atoms with Crippen molar-refractivity contribution in [3.63, 3.8) is 0 Å². The second kappa shape index (κ2) is 10.2. The number of hydrogen-bond donors (Lipinski definition) is 2. The highest BCUT2D eigenvalue weighted by Gasteiger charge is 2.25. The monoisotopic (exact) mass is 461 g/mol. The van der Waals surface area contributed by atoms with Crippen molar-refractivity contribution in [3.8, 4) is 5.75 Å². The standard InChI is InChI=1S/C22H27N3O4S2/c1-16(2)29-19-10-6-17(7-11-19)21(26)24-22(30)23-18-8-12-20(13-9-18)31(27,28)25-14-4-3-5-15-25/h6-13,16H,3-5,14-15H2,1-2H3,(H2,23,24,26,30). The van der Waals surface area contributed by atoms with Crippen LogP contribution >= 0.6 is 12.2 Å². The Morgan fingerprint density at radius 1 is 1.00 bits per heavy atom. The summed E-state index contributed by atoms with van der Waals surface area (Å²) in [6, 6.07) is 13.1. The predicted molar refractivity (Wildman–Crippen MR) is 125 cm³/mol. The van der Waals surface area contributed by atoms with Crippen molar-refractivity contribution in [2.75, 3.05) is 18.4 Å². The second-order valence-corrected chi connectivity index (χ2v) is 9.93. The average molecular weight is 462 g/mol. The van der Waals surface area contributed by atoms with E-state index in [1.165, 1.54) is 4.31 Å². The Bertz CT molecular complexity index is 1010. The molecule has 9 heteroatoms. The second-order valence-electron chi connectivity index (χ2n) is 7.59. The smallest absolute Gasteiger partial charge is 0.257 e. The molecular formula is C22H27N3O4S2. The van der Waals surface area contributed by atoms with E-state index in [2.05, 4.69) is 10.6 Å². The summed E-state index contributed by atoms with van der Waals surface area (Å²) in [4.78, 5) is 12.6. The van der Waals surface area contributed by atoms with Gasteiger partial charge in [-0.3, -0.25) is 10.1 Å². The molecule has 0 spiro atoms. The maximum absolute atomic E-state index is 12.7. The van der Waals surface area contributed by atoms with E-state index in [1.807, 2.05) is 13.8 Å². The SMILES string of the molecule is CC(C)Oc1ccc(C(=O)NC(=S)Nc2ccc(S(=O)(=O)N3CCCCC3)cc2)cc1. The summed E-state index contributed by atoms with van der Waals surface area (Å²) in [5.74, 6) is 0.338. The van der Waals surface area contributed by atoms with E-state index in [1.54, 1.807) is 48.5 Å². The summed E-state index contributed by atoms with van der Waals surface area (Å²) in [7, 11) is -3.48. The Kier molecular flexibility index (Phi) is 7.64. The molecule has 0 bridgehead atoms. The van der Waals surface area contributed by atoms with E-state index in [4.69, 9.17) is 17.0 Å². The number of anilines is 1. The molecular weight excluding hydrogens is 434 g/mol. The molecule has 0 aliphatic carbocycles. The van der Waals surface area contributed by atoms with Crippen LogP contribution in [0.3, 0.4) is 0 Å². The van der Waals surface area contributed by atoms with Gasteiger partial charge in [-0.2, -0.15) is 4.31 Å². The van der Waals surface area contributed by atoms with E-state index in [-0.39, 0.29) is 22.0 Å². The largest absolute Gasteiger partial charge is 0.491 e. The van der Waals surface area contributed by atoms with Gasteiger partial charge in [0.25, 0.3) is 5.91 Å². The number of nitrogens with one attached hydrogen (secondary N) is 2. The third kappa shape index (κ3) is 6.25. The topological polar surface area (TPSA) is 87.7 Å². The number of ether oxygens (including phenoxy) is 1. The van der Waals surface area contributed by atoms with E-state index >= 15 is 0 Å². The molecule has 2 N–H and O–H groups in total. The third-order valence-electron chi connectivity index (χ3n) is 4.78. The maximum atomic E-state index is 12.7. The van der Waals surface area contributed by atoms with Gasteiger partial charge in [0, 0.05) is 24.3 Å². The Hall–Kier alpha value is -2.49. The number of rotatable bonds is 6. The van der Waals surface area contributed by atoms with Crippen molar-refractivity contribution in [1.82, 2.24) is 9.62 Å². The van der Waals surface area contributed by atoms with Crippen molar-refractivity contribution in [3.05, 3.63) is 54.1 Å². The molecule has 31 heavy (non-hydrogen) atoms. The lowest BCUT2D eigenvalue weighted by Gasteiger charge is -2.25. The quantitative estimate of drug-likeness (QED) is 0.637. The number of carbonyl (C=O) groups is 1. The Morgan fingerprint density at radius 2 is 1.61 bits per heavy atom. The van der Waals surface area contributed by atoms with Gasteiger partial charge in [-0.25, -0.2) is 8.42 Å². The molecule has 0 atom stereocenters. The van der Waals surface area contributed by atoms with E-state index in [0.717, 1.165) is 19.3 Å². The van der Waals surface area contributed by atoms with Crippen molar-refractivity contribution in [2.24, 2.45) is 0 Å². The minimum atomic E-state index is -3.48. The van der Waals surface area contributed by atoms with Crippen molar-refractivity contribution < 1.29 is 17.9 Å². The van der Waals surface area contributed by atoms with Crippen LogP contribution in [0.2, 0.25) is 0 Å². The first kappa shape index (κ1) is 23.2. The first-order valence-electron chi connectivity index (χ1n) is 10.2. The fourth-order valence-corrected chi connectivity index (χ4v) is 4.99. The molecule has 0 aromatic heterocycles. The van der Waals surface area contributed by atoms with Gasteiger partial charge in [-0.05, 0) is 87.4 Å². The summed E-state index contributed by atoms with van der Waals surface area (Å²) < 4.78 is 32.5. The van der Waals surface area contributed by atoms with Crippen molar-refractivity contribution in [2.45, 2.75) is 44.1 Å². The highest BCUT2D eigenvalue weighted by atomic mass is 32.2. The van der Waals surface area contributed by atoms with Gasteiger partial charge < -0.3 is 10.1 Å². The summed E-state index contributed by atoms with van der Waals surface area (Å²) in [5.41, 5.74) is 1.03. The Balaban J connectivity index is 1.57. The third-order valence-corrected chi connectivity index (χ3v) is 6.90. The van der Waals surface area contributed by atoms with Gasteiger partial charge in [0.1, 0.15) is 5.75 Å². The highest BCUT2D eigenvalue weighted by Crippen LogP contribution is 2.22. The lowest BCUT2D eigenvalue weighted by molar-refractivity contribution is 0.0977. The number of thiocarbonyl (C=S) groups is 1. The lowest BCUT2D eigenvalue weighted by Crippen LogP contribution is -2.35.